The molecule has 0 radical (unpaired) electrons. The Kier molecular flexibility index (Phi) is 3.96. The van der Waals surface area contributed by atoms with Gasteiger partial charge in [-0.3, -0.25) is 4.79 Å². The summed E-state index contributed by atoms with van der Waals surface area (Å²) in [6.07, 6.45) is -0.427. The minimum Gasteiger partial charge on any atom is -0.479 e. The summed E-state index contributed by atoms with van der Waals surface area (Å²) in [5.41, 5.74) is 0. The van der Waals surface area contributed by atoms with Crippen molar-refractivity contribution in [2.45, 2.75) is 43.9 Å². The van der Waals surface area contributed by atoms with Gasteiger partial charge in [0.1, 0.15) is 11.6 Å². The SMILES string of the molecule is CC(C)c1nnc2n1CCN(C(=O)[C@H]1CSc3ccccc3O1)C2. The molecule has 7 heteroatoms. The molecular formula is C17H20N4O2S. The topological polar surface area (TPSA) is 60.2 Å². The number of carbonyl (C=O) groups excluding carboxylic acids is 1. The third-order valence-corrected chi connectivity index (χ3v) is 5.51. The van der Waals surface area contributed by atoms with Gasteiger partial charge in [0.2, 0.25) is 0 Å². The van der Waals surface area contributed by atoms with Crippen LogP contribution in [0.3, 0.4) is 0 Å². The van der Waals surface area contributed by atoms with Crippen LogP contribution in [-0.4, -0.2) is 44.0 Å². The molecule has 6 nitrogen and oxygen atoms in total. The smallest absolute Gasteiger partial charge is 0.265 e. The van der Waals surface area contributed by atoms with Crippen molar-refractivity contribution < 1.29 is 9.53 Å². The van der Waals surface area contributed by atoms with Crippen LogP contribution in [0.2, 0.25) is 0 Å². The van der Waals surface area contributed by atoms with Gasteiger partial charge in [0.25, 0.3) is 5.91 Å². The first-order valence-corrected chi connectivity index (χ1v) is 9.21. The maximum Gasteiger partial charge on any atom is 0.265 e. The lowest BCUT2D eigenvalue weighted by atomic mass is 10.2. The number of hydrogen-bond donors (Lipinski definition) is 0. The fourth-order valence-electron chi connectivity index (χ4n) is 3.14. The van der Waals surface area contributed by atoms with Crippen molar-refractivity contribution in [1.82, 2.24) is 19.7 Å². The van der Waals surface area contributed by atoms with E-state index in [1.54, 1.807) is 11.8 Å². The summed E-state index contributed by atoms with van der Waals surface area (Å²) in [6, 6.07) is 7.87. The van der Waals surface area contributed by atoms with Gasteiger partial charge in [-0.2, -0.15) is 0 Å². The van der Waals surface area contributed by atoms with Crippen molar-refractivity contribution in [3.8, 4) is 5.75 Å². The first kappa shape index (κ1) is 15.5. The molecule has 1 atom stereocenters. The molecule has 0 unspecified atom stereocenters. The summed E-state index contributed by atoms with van der Waals surface area (Å²) in [5, 5.41) is 8.54. The highest BCUT2D eigenvalue weighted by Crippen LogP contribution is 2.35. The fraction of sp³-hybridized carbons (Fsp3) is 0.471. The summed E-state index contributed by atoms with van der Waals surface area (Å²) >= 11 is 1.68. The largest absolute Gasteiger partial charge is 0.479 e. The first-order chi connectivity index (χ1) is 11.6. The van der Waals surface area contributed by atoms with Crippen molar-refractivity contribution in [3.63, 3.8) is 0 Å². The summed E-state index contributed by atoms with van der Waals surface area (Å²) in [6.45, 7) is 6.15. The number of nitrogens with zero attached hydrogens (tertiary/aromatic N) is 4. The summed E-state index contributed by atoms with van der Waals surface area (Å²) < 4.78 is 8.06. The molecule has 0 spiro atoms. The number of aromatic nitrogens is 3. The monoisotopic (exact) mass is 344 g/mol. The molecule has 4 rings (SSSR count). The maximum absolute atomic E-state index is 12.8. The fourth-order valence-corrected chi connectivity index (χ4v) is 4.12. The normalized spacial score (nSPS) is 19.6. The molecule has 1 aromatic carbocycles. The van der Waals surface area contributed by atoms with E-state index < -0.39 is 6.10 Å². The van der Waals surface area contributed by atoms with Crippen molar-refractivity contribution in [1.29, 1.82) is 0 Å². The van der Waals surface area contributed by atoms with Crippen molar-refractivity contribution in [2.75, 3.05) is 12.3 Å². The number of rotatable bonds is 2. The highest BCUT2D eigenvalue weighted by Gasteiger charge is 2.33. The van der Waals surface area contributed by atoms with Crippen molar-refractivity contribution in [2.24, 2.45) is 0 Å². The van der Waals surface area contributed by atoms with Crippen LogP contribution in [0.15, 0.2) is 29.2 Å². The van der Waals surface area contributed by atoms with Gasteiger partial charge in [-0.15, -0.1) is 22.0 Å². The molecule has 0 bridgehead atoms. The minimum absolute atomic E-state index is 0.0392. The first-order valence-electron chi connectivity index (χ1n) is 8.22. The van der Waals surface area contributed by atoms with E-state index >= 15 is 0 Å². The van der Waals surface area contributed by atoms with Gasteiger partial charge in [0.15, 0.2) is 11.9 Å². The molecular weight excluding hydrogens is 324 g/mol. The number of ether oxygens (including phenoxy) is 1. The highest BCUT2D eigenvalue weighted by molar-refractivity contribution is 7.99. The zero-order valence-electron chi connectivity index (χ0n) is 13.8. The molecule has 1 amide bonds. The van der Waals surface area contributed by atoms with Crippen LogP contribution in [0.25, 0.3) is 0 Å². The lowest BCUT2D eigenvalue weighted by Crippen LogP contribution is -2.47. The van der Waals surface area contributed by atoms with Crippen molar-refractivity contribution >= 4 is 17.7 Å². The second-order valence-corrected chi connectivity index (χ2v) is 7.47. The number of para-hydroxylation sites is 1. The van der Waals surface area contributed by atoms with Crippen LogP contribution in [0.1, 0.15) is 31.4 Å². The lowest BCUT2D eigenvalue weighted by molar-refractivity contribution is -0.139. The minimum atomic E-state index is -0.427. The van der Waals surface area contributed by atoms with Crippen molar-refractivity contribution in [3.05, 3.63) is 35.9 Å². The summed E-state index contributed by atoms with van der Waals surface area (Å²) in [5.74, 6) is 3.68. The Labute approximate surface area is 145 Å². The average molecular weight is 344 g/mol. The Morgan fingerprint density at radius 3 is 2.96 bits per heavy atom. The van der Waals surface area contributed by atoms with E-state index in [0.29, 0.717) is 24.8 Å². The van der Waals surface area contributed by atoms with E-state index in [4.69, 9.17) is 4.74 Å². The average Bonchev–Trinajstić information content (AvgIpc) is 3.04. The van der Waals surface area contributed by atoms with Gasteiger partial charge >= 0.3 is 0 Å². The molecule has 0 fully saturated rings. The standard InChI is InChI=1S/C17H20N4O2S/c1-11(2)16-19-18-15-9-20(7-8-21(15)16)17(22)13-10-24-14-6-4-3-5-12(14)23-13/h3-6,11,13H,7-10H2,1-2H3/t13-/m1/s1. The Morgan fingerprint density at radius 1 is 1.29 bits per heavy atom. The zero-order valence-corrected chi connectivity index (χ0v) is 14.6. The molecule has 1 aromatic heterocycles. The third kappa shape index (κ3) is 2.66. The Balaban J connectivity index is 1.48. The lowest BCUT2D eigenvalue weighted by Gasteiger charge is -2.33. The van der Waals surface area contributed by atoms with Gasteiger partial charge in [0, 0.05) is 29.7 Å². The van der Waals surface area contributed by atoms with E-state index in [9.17, 15) is 4.79 Å². The van der Waals surface area contributed by atoms with E-state index in [1.165, 1.54) is 0 Å². The van der Waals surface area contributed by atoms with Gasteiger partial charge in [-0.1, -0.05) is 26.0 Å². The number of carbonyl (C=O) groups is 1. The van der Waals surface area contributed by atoms with Crippen LogP contribution in [-0.2, 0) is 17.9 Å². The number of fused-ring (bicyclic) bond motifs is 2. The third-order valence-electron chi connectivity index (χ3n) is 4.39. The molecule has 3 heterocycles. The van der Waals surface area contributed by atoms with Gasteiger partial charge < -0.3 is 14.2 Å². The number of thioether (sulfide) groups is 1. The predicted octanol–water partition coefficient (Wildman–Crippen LogP) is 2.30. The predicted molar refractivity (Wildman–Crippen MR) is 91.1 cm³/mol. The molecule has 2 aliphatic heterocycles. The zero-order chi connectivity index (χ0) is 16.7. The van der Waals surface area contributed by atoms with E-state index in [2.05, 4.69) is 28.6 Å². The highest BCUT2D eigenvalue weighted by atomic mass is 32.2. The van der Waals surface area contributed by atoms with Gasteiger partial charge in [-0.25, -0.2) is 0 Å². The van der Waals surface area contributed by atoms with Crippen LogP contribution in [0.5, 0.6) is 5.75 Å². The molecule has 0 saturated carbocycles. The second-order valence-electron chi connectivity index (χ2n) is 6.40. The van der Waals surface area contributed by atoms with E-state index in [-0.39, 0.29) is 5.91 Å². The molecule has 24 heavy (non-hydrogen) atoms. The summed E-state index contributed by atoms with van der Waals surface area (Å²) in [7, 11) is 0. The molecule has 0 saturated heterocycles. The quantitative estimate of drug-likeness (QED) is 0.837. The Bertz CT molecular complexity index is 774. The number of amides is 1. The van der Waals surface area contributed by atoms with Crippen LogP contribution >= 0.6 is 11.8 Å². The molecule has 0 N–H and O–H groups in total. The van der Waals surface area contributed by atoms with E-state index in [0.717, 1.165) is 28.8 Å². The second kappa shape index (κ2) is 6.12. The molecule has 2 aromatic rings. The van der Waals surface area contributed by atoms with Gasteiger partial charge in [-0.05, 0) is 12.1 Å². The maximum atomic E-state index is 12.8. The van der Waals surface area contributed by atoms with E-state index in [1.807, 2.05) is 29.2 Å². The molecule has 0 aliphatic carbocycles. The summed E-state index contributed by atoms with van der Waals surface area (Å²) in [4.78, 5) is 15.8. The number of benzene rings is 1. The molecule has 126 valence electrons. The van der Waals surface area contributed by atoms with Gasteiger partial charge in [0.05, 0.1) is 6.54 Å². The van der Waals surface area contributed by atoms with Crippen LogP contribution in [0, 0.1) is 0 Å². The van der Waals surface area contributed by atoms with Crippen LogP contribution < -0.4 is 4.74 Å². The Hall–Kier alpha value is -2.02. The Morgan fingerprint density at radius 2 is 2.12 bits per heavy atom. The van der Waals surface area contributed by atoms with Crippen LogP contribution in [0.4, 0.5) is 0 Å². The number of hydrogen-bond acceptors (Lipinski definition) is 5. The molecule has 2 aliphatic rings.